The van der Waals surface area contributed by atoms with Gasteiger partial charge in [-0.3, -0.25) is 14.5 Å². The zero-order chi connectivity index (χ0) is 20.6. The van der Waals surface area contributed by atoms with Crippen molar-refractivity contribution >= 4 is 27.6 Å². The summed E-state index contributed by atoms with van der Waals surface area (Å²) in [7, 11) is -3.33. The van der Waals surface area contributed by atoms with Crippen LogP contribution in [0.5, 0.6) is 0 Å². The van der Waals surface area contributed by atoms with Crippen molar-refractivity contribution in [3.05, 3.63) is 52.9 Å². The number of carbonyl (C=O) groups excluding carboxylic acids is 1. The standard InChI is InChI=1S/C23H26N2O3S/c1-3-11-29(27,28)25-21-10-9-17(12-15(21)2)20-13-18(14-23(26)16-7-8-16)24-22-6-4-5-19(20)22/h4-5,9-10,12-13,16,25H,3,6-8,11,14H2,1-2H3. The number of allylic oxidation sites excluding steroid dienone is 1. The third-order valence-corrected chi connectivity index (χ3v) is 6.93. The van der Waals surface area contributed by atoms with E-state index in [-0.39, 0.29) is 17.5 Å². The highest BCUT2D eigenvalue weighted by molar-refractivity contribution is 7.92. The second-order valence-electron chi connectivity index (χ2n) is 8.00. The third-order valence-electron chi connectivity index (χ3n) is 5.45. The van der Waals surface area contributed by atoms with Crippen molar-refractivity contribution in [1.82, 2.24) is 4.98 Å². The molecule has 0 spiro atoms. The molecule has 6 heteroatoms. The SMILES string of the molecule is CCCS(=O)(=O)Nc1ccc(-c2cc(CC(=O)C3CC3)nc3c2C=CC3)cc1C. The zero-order valence-corrected chi connectivity index (χ0v) is 17.7. The molecule has 1 saturated carbocycles. The van der Waals surface area contributed by atoms with E-state index < -0.39 is 10.0 Å². The molecule has 2 aromatic rings. The predicted molar refractivity (Wildman–Crippen MR) is 116 cm³/mol. The van der Waals surface area contributed by atoms with E-state index in [0.29, 0.717) is 18.5 Å². The smallest absolute Gasteiger partial charge is 0.232 e. The van der Waals surface area contributed by atoms with Gasteiger partial charge in [0.25, 0.3) is 0 Å². The molecule has 0 saturated heterocycles. The molecule has 1 heterocycles. The van der Waals surface area contributed by atoms with Crippen LogP contribution >= 0.6 is 0 Å². The lowest BCUT2D eigenvalue weighted by atomic mass is 9.96. The number of pyridine rings is 1. The van der Waals surface area contributed by atoms with E-state index in [4.69, 9.17) is 4.98 Å². The van der Waals surface area contributed by atoms with Gasteiger partial charge in [0.1, 0.15) is 5.78 Å². The second-order valence-corrected chi connectivity index (χ2v) is 9.84. The summed E-state index contributed by atoms with van der Waals surface area (Å²) in [5.41, 5.74) is 6.44. The van der Waals surface area contributed by atoms with Gasteiger partial charge in [0.15, 0.2) is 0 Å². The lowest BCUT2D eigenvalue weighted by Gasteiger charge is -2.14. The Balaban J connectivity index is 1.67. The molecule has 1 N–H and O–H groups in total. The van der Waals surface area contributed by atoms with E-state index in [0.717, 1.165) is 52.9 Å². The molecule has 0 radical (unpaired) electrons. The van der Waals surface area contributed by atoms with Crippen LogP contribution in [0.25, 0.3) is 17.2 Å². The van der Waals surface area contributed by atoms with Gasteiger partial charge in [0.2, 0.25) is 10.0 Å². The van der Waals surface area contributed by atoms with Crippen molar-refractivity contribution in [3.63, 3.8) is 0 Å². The van der Waals surface area contributed by atoms with Crippen LogP contribution in [0, 0.1) is 12.8 Å². The van der Waals surface area contributed by atoms with Crippen LogP contribution in [0.15, 0.2) is 30.3 Å². The highest BCUT2D eigenvalue weighted by Crippen LogP contribution is 2.35. The average molecular weight is 411 g/mol. The molecule has 1 aromatic heterocycles. The van der Waals surface area contributed by atoms with Crippen LogP contribution < -0.4 is 4.72 Å². The number of benzene rings is 1. The first kappa shape index (κ1) is 19.8. The number of fused-ring (bicyclic) bond motifs is 1. The van der Waals surface area contributed by atoms with Gasteiger partial charge in [-0.05, 0) is 61.1 Å². The van der Waals surface area contributed by atoms with Crippen LogP contribution in [-0.2, 0) is 27.7 Å². The van der Waals surface area contributed by atoms with Crippen LogP contribution in [0.3, 0.4) is 0 Å². The molecule has 29 heavy (non-hydrogen) atoms. The number of hydrogen-bond acceptors (Lipinski definition) is 4. The molecule has 2 aliphatic carbocycles. The average Bonchev–Trinajstić information content (AvgIpc) is 3.41. The Kier molecular flexibility index (Phi) is 5.30. The van der Waals surface area contributed by atoms with E-state index in [1.54, 1.807) is 0 Å². The molecule has 0 unspecified atom stereocenters. The lowest BCUT2D eigenvalue weighted by Crippen LogP contribution is -2.16. The number of anilines is 1. The van der Waals surface area contributed by atoms with Crippen LogP contribution in [0.2, 0.25) is 0 Å². The summed E-state index contributed by atoms with van der Waals surface area (Å²) < 4.78 is 26.9. The number of aryl methyl sites for hydroxylation is 1. The molecule has 1 aromatic carbocycles. The van der Waals surface area contributed by atoms with Crippen molar-refractivity contribution in [2.45, 2.75) is 46.0 Å². The Morgan fingerprint density at radius 2 is 2.03 bits per heavy atom. The topological polar surface area (TPSA) is 76.1 Å². The zero-order valence-electron chi connectivity index (χ0n) is 16.9. The van der Waals surface area contributed by atoms with E-state index in [1.165, 1.54) is 0 Å². The molecule has 0 amide bonds. The van der Waals surface area contributed by atoms with Crippen LogP contribution in [0.4, 0.5) is 5.69 Å². The maximum absolute atomic E-state index is 12.3. The van der Waals surface area contributed by atoms with E-state index in [1.807, 2.05) is 38.1 Å². The summed E-state index contributed by atoms with van der Waals surface area (Å²) in [5.74, 6) is 0.616. The number of nitrogens with zero attached hydrogens (tertiary/aromatic N) is 1. The van der Waals surface area contributed by atoms with E-state index >= 15 is 0 Å². The van der Waals surface area contributed by atoms with Crippen molar-refractivity contribution in [1.29, 1.82) is 0 Å². The van der Waals surface area contributed by atoms with Gasteiger partial charge < -0.3 is 0 Å². The molecule has 1 fully saturated rings. The van der Waals surface area contributed by atoms with Gasteiger partial charge >= 0.3 is 0 Å². The Labute approximate surface area is 172 Å². The number of ketones is 1. The lowest BCUT2D eigenvalue weighted by molar-refractivity contribution is -0.119. The maximum atomic E-state index is 12.3. The van der Waals surface area contributed by atoms with Gasteiger partial charge in [0.05, 0.1) is 17.1 Å². The summed E-state index contributed by atoms with van der Waals surface area (Å²) >= 11 is 0. The number of aromatic nitrogens is 1. The number of hydrogen-bond donors (Lipinski definition) is 1. The Bertz CT molecular complexity index is 1100. The van der Waals surface area contributed by atoms with Gasteiger partial charge in [0, 0.05) is 30.0 Å². The first-order valence-electron chi connectivity index (χ1n) is 10.2. The van der Waals surface area contributed by atoms with Crippen LogP contribution in [0.1, 0.15) is 48.7 Å². The number of carbonyl (C=O) groups is 1. The summed E-state index contributed by atoms with van der Waals surface area (Å²) in [6.07, 6.45) is 7.93. The summed E-state index contributed by atoms with van der Waals surface area (Å²) in [4.78, 5) is 17.0. The fourth-order valence-corrected chi connectivity index (χ4v) is 4.99. The minimum atomic E-state index is -3.33. The first-order valence-corrected chi connectivity index (χ1v) is 11.8. The molecule has 0 bridgehead atoms. The van der Waals surface area contributed by atoms with E-state index in [9.17, 15) is 13.2 Å². The maximum Gasteiger partial charge on any atom is 0.232 e. The minimum Gasteiger partial charge on any atom is -0.299 e. The summed E-state index contributed by atoms with van der Waals surface area (Å²) in [6, 6.07) is 7.77. The summed E-state index contributed by atoms with van der Waals surface area (Å²) in [5, 5.41) is 0. The Morgan fingerprint density at radius 3 is 2.72 bits per heavy atom. The van der Waals surface area contributed by atoms with Crippen molar-refractivity contribution in [3.8, 4) is 11.1 Å². The highest BCUT2D eigenvalue weighted by Gasteiger charge is 2.30. The monoisotopic (exact) mass is 410 g/mol. The molecular weight excluding hydrogens is 384 g/mol. The van der Waals surface area contributed by atoms with Crippen LogP contribution in [-0.4, -0.2) is 24.9 Å². The number of sulfonamides is 1. The van der Waals surface area contributed by atoms with Gasteiger partial charge in [-0.1, -0.05) is 25.1 Å². The highest BCUT2D eigenvalue weighted by atomic mass is 32.2. The second kappa shape index (κ2) is 7.75. The third kappa shape index (κ3) is 4.42. The predicted octanol–water partition coefficient (Wildman–Crippen LogP) is 4.30. The Hall–Kier alpha value is -2.47. The van der Waals surface area contributed by atoms with Gasteiger partial charge in [-0.15, -0.1) is 0 Å². The van der Waals surface area contributed by atoms with Crippen molar-refractivity contribution in [2.75, 3.05) is 10.5 Å². The molecule has 5 nitrogen and oxygen atoms in total. The fourth-order valence-electron chi connectivity index (χ4n) is 3.79. The first-order chi connectivity index (χ1) is 13.9. The van der Waals surface area contributed by atoms with Crippen molar-refractivity contribution < 1.29 is 13.2 Å². The normalized spacial score (nSPS) is 15.4. The summed E-state index contributed by atoms with van der Waals surface area (Å²) in [6.45, 7) is 3.75. The molecule has 152 valence electrons. The number of Topliss-reactive ketones (excluding diaryl/α,β-unsaturated/α-hetero) is 1. The van der Waals surface area contributed by atoms with Crippen molar-refractivity contribution in [2.24, 2.45) is 5.92 Å². The number of nitrogens with one attached hydrogen (secondary N) is 1. The van der Waals surface area contributed by atoms with E-state index in [2.05, 4.69) is 16.9 Å². The largest absolute Gasteiger partial charge is 0.299 e. The quantitative estimate of drug-likeness (QED) is 0.704. The molecule has 0 atom stereocenters. The molecule has 4 rings (SSSR count). The molecule has 2 aliphatic rings. The molecular formula is C23H26N2O3S. The Morgan fingerprint density at radius 1 is 1.24 bits per heavy atom. The van der Waals surface area contributed by atoms with Gasteiger partial charge in [-0.2, -0.15) is 0 Å². The van der Waals surface area contributed by atoms with Gasteiger partial charge in [-0.25, -0.2) is 8.42 Å². The fraction of sp³-hybridized carbons (Fsp3) is 0.391. The molecule has 0 aliphatic heterocycles. The number of rotatable bonds is 8. The minimum absolute atomic E-state index is 0.106.